The highest BCUT2D eigenvalue weighted by atomic mass is 28.4. The van der Waals surface area contributed by atoms with Gasteiger partial charge in [0, 0.05) is 23.9 Å². The van der Waals surface area contributed by atoms with Gasteiger partial charge in [-0.1, -0.05) is 71.9 Å². The van der Waals surface area contributed by atoms with Crippen molar-refractivity contribution in [2.24, 2.45) is 17.3 Å². The van der Waals surface area contributed by atoms with E-state index in [1.165, 1.54) is 0 Å². The molecule has 206 valence electrons. The van der Waals surface area contributed by atoms with E-state index in [0.29, 0.717) is 23.0 Å². The number of hydrogen-bond acceptors (Lipinski definition) is 5. The fraction of sp³-hybridized carbons (Fsp3) is 0.677. The topological polar surface area (TPSA) is 61.8 Å². The van der Waals surface area contributed by atoms with Crippen LogP contribution in [0.15, 0.2) is 30.3 Å². The van der Waals surface area contributed by atoms with E-state index in [0.717, 1.165) is 5.56 Å². The molecule has 1 saturated carbocycles. The Morgan fingerprint density at radius 3 is 1.84 bits per heavy atom. The summed E-state index contributed by atoms with van der Waals surface area (Å²) < 4.78 is 18.4. The van der Waals surface area contributed by atoms with Gasteiger partial charge in [-0.2, -0.15) is 0 Å². The van der Waals surface area contributed by atoms with Crippen LogP contribution in [0.3, 0.4) is 0 Å². The first-order chi connectivity index (χ1) is 17.4. The fourth-order valence-electron chi connectivity index (χ4n) is 7.12. The molecule has 1 fully saturated rings. The molecule has 0 N–H and O–H groups in total. The number of rotatable bonds is 11. The van der Waals surface area contributed by atoms with Gasteiger partial charge in [-0.15, -0.1) is 12.3 Å². The quantitative estimate of drug-likeness (QED) is 0.132. The maximum Gasteiger partial charge on any atom is 0.324 e. The number of carbonyl (C=O) groups is 2. The van der Waals surface area contributed by atoms with E-state index in [1.807, 2.05) is 30.3 Å². The minimum absolute atomic E-state index is 0.157. The van der Waals surface area contributed by atoms with Crippen LogP contribution in [0.25, 0.3) is 0 Å². The van der Waals surface area contributed by atoms with Crippen molar-refractivity contribution in [3.63, 3.8) is 0 Å². The fourth-order valence-corrected chi connectivity index (χ4v) is 12.7. The molecule has 6 heteroatoms. The molecule has 0 aromatic heterocycles. The lowest BCUT2D eigenvalue weighted by molar-refractivity contribution is -0.180. The maximum atomic E-state index is 13.8. The molecule has 0 spiro atoms. The third kappa shape index (κ3) is 5.83. The third-order valence-electron chi connectivity index (χ3n) is 8.52. The van der Waals surface area contributed by atoms with Gasteiger partial charge in [0.15, 0.2) is 5.41 Å². The number of benzene rings is 1. The molecule has 5 nitrogen and oxygen atoms in total. The van der Waals surface area contributed by atoms with E-state index in [1.54, 1.807) is 13.8 Å². The Kier molecular flexibility index (Phi) is 11.0. The molecule has 1 aromatic carbocycles. The van der Waals surface area contributed by atoms with Crippen LogP contribution in [0.5, 0.6) is 0 Å². The highest BCUT2D eigenvalue weighted by Gasteiger charge is 2.62. The molecule has 37 heavy (non-hydrogen) atoms. The zero-order valence-electron chi connectivity index (χ0n) is 24.4. The summed E-state index contributed by atoms with van der Waals surface area (Å²) in [5.74, 6) is 0.999. The summed E-state index contributed by atoms with van der Waals surface area (Å²) in [6, 6.07) is 9.77. The van der Waals surface area contributed by atoms with Gasteiger partial charge in [-0.05, 0) is 55.8 Å². The first-order valence-corrected chi connectivity index (χ1v) is 16.1. The minimum atomic E-state index is -2.28. The summed E-state index contributed by atoms with van der Waals surface area (Å²) >= 11 is 0. The molecule has 0 bridgehead atoms. The number of esters is 2. The van der Waals surface area contributed by atoms with Gasteiger partial charge in [-0.3, -0.25) is 9.59 Å². The van der Waals surface area contributed by atoms with E-state index < -0.39 is 31.6 Å². The Bertz CT molecular complexity index is 893. The summed E-state index contributed by atoms with van der Waals surface area (Å²) in [5.41, 5.74) is 0.560. The molecule has 0 saturated heterocycles. The van der Waals surface area contributed by atoms with Crippen molar-refractivity contribution < 1.29 is 23.5 Å². The Labute approximate surface area is 226 Å². The maximum absolute atomic E-state index is 13.8. The first-order valence-electron chi connectivity index (χ1n) is 14.0. The lowest BCUT2D eigenvalue weighted by Gasteiger charge is -2.52. The SMILES string of the molecule is C#C[C@@H]1CCC(C(=O)OCC)(C(=O)OCC)[C@@H](c2ccccc2)[C@@H]1[C@@H](C)O[Si](C(C)C)(C(C)C)C(C)C. The molecule has 0 heterocycles. The molecular formula is C31H48O5Si. The lowest BCUT2D eigenvalue weighted by atomic mass is 9.55. The average molecular weight is 529 g/mol. The van der Waals surface area contributed by atoms with Gasteiger partial charge in [0.1, 0.15) is 0 Å². The van der Waals surface area contributed by atoms with Crippen molar-refractivity contribution in [1.82, 2.24) is 0 Å². The van der Waals surface area contributed by atoms with Gasteiger partial charge in [0.25, 0.3) is 0 Å². The molecule has 1 aromatic rings. The Balaban J connectivity index is 2.81. The molecule has 0 radical (unpaired) electrons. The summed E-state index contributed by atoms with van der Waals surface area (Å²) in [5, 5.41) is 0. The molecule has 4 atom stereocenters. The second-order valence-corrected chi connectivity index (χ2v) is 16.7. The van der Waals surface area contributed by atoms with Crippen molar-refractivity contribution in [1.29, 1.82) is 0 Å². The van der Waals surface area contributed by atoms with Gasteiger partial charge in [0.05, 0.1) is 13.2 Å². The predicted octanol–water partition coefficient (Wildman–Crippen LogP) is 7.12. The predicted molar refractivity (Wildman–Crippen MR) is 152 cm³/mol. The number of terminal acetylenes is 1. The van der Waals surface area contributed by atoms with Gasteiger partial charge in [0.2, 0.25) is 8.32 Å². The second kappa shape index (κ2) is 13.1. The zero-order valence-corrected chi connectivity index (χ0v) is 25.4. The average Bonchev–Trinajstić information content (AvgIpc) is 2.86. The minimum Gasteiger partial charge on any atom is -0.465 e. The normalized spacial score (nSPS) is 22.5. The van der Waals surface area contributed by atoms with Crippen molar-refractivity contribution in [2.75, 3.05) is 13.2 Å². The van der Waals surface area contributed by atoms with Crippen LogP contribution in [0.2, 0.25) is 16.6 Å². The second-order valence-electron chi connectivity index (χ2n) is 11.3. The van der Waals surface area contributed by atoms with Crippen LogP contribution in [0, 0.1) is 29.6 Å². The Morgan fingerprint density at radius 1 is 0.946 bits per heavy atom. The molecule has 0 unspecified atom stereocenters. The molecule has 1 aliphatic carbocycles. The Morgan fingerprint density at radius 2 is 1.43 bits per heavy atom. The number of hydrogen-bond donors (Lipinski definition) is 0. The summed E-state index contributed by atoms with van der Waals surface area (Å²) in [6.45, 7) is 19.5. The standard InChI is InChI=1S/C31H48O5Si/c1-11-25-19-20-31(29(32)34-12-2,30(33)35-13-3)28(26-17-15-14-16-18-26)27(25)24(10)36-37(21(4)5,22(6)7)23(8)9/h1,14-18,21-25,27-28H,12-13,19-20H2,2-10H3/t24-,25-,27-,28+/m1/s1. The molecule has 1 aliphatic rings. The molecular weight excluding hydrogens is 480 g/mol. The van der Waals surface area contributed by atoms with E-state index in [2.05, 4.69) is 54.4 Å². The van der Waals surface area contributed by atoms with Crippen LogP contribution in [-0.4, -0.2) is 39.6 Å². The van der Waals surface area contributed by atoms with Gasteiger partial charge < -0.3 is 13.9 Å². The first kappa shape index (κ1) is 31.1. The monoisotopic (exact) mass is 528 g/mol. The summed E-state index contributed by atoms with van der Waals surface area (Å²) in [4.78, 5) is 27.6. The molecule has 0 amide bonds. The van der Waals surface area contributed by atoms with Crippen LogP contribution in [-0.2, 0) is 23.5 Å². The van der Waals surface area contributed by atoms with E-state index in [4.69, 9.17) is 20.3 Å². The van der Waals surface area contributed by atoms with E-state index in [-0.39, 0.29) is 37.6 Å². The van der Waals surface area contributed by atoms with Crippen molar-refractivity contribution in [3.05, 3.63) is 35.9 Å². The number of carbonyl (C=O) groups excluding carboxylic acids is 2. The van der Waals surface area contributed by atoms with Crippen LogP contribution >= 0.6 is 0 Å². The highest BCUT2D eigenvalue weighted by molar-refractivity contribution is 6.77. The third-order valence-corrected chi connectivity index (χ3v) is 14.7. The molecule has 0 aliphatic heterocycles. The van der Waals surface area contributed by atoms with Crippen molar-refractivity contribution in [2.45, 2.75) is 104 Å². The van der Waals surface area contributed by atoms with E-state index >= 15 is 0 Å². The van der Waals surface area contributed by atoms with Crippen LogP contribution in [0.1, 0.15) is 86.6 Å². The molecule has 2 rings (SSSR count). The highest BCUT2D eigenvalue weighted by Crippen LogP contribution is 2.56. The van der Waals surface area contributed by atoms with Crippen molar-refractivity contribution >= 4 is 20.3 Å². The number of ether oxygens (including phenoxy) is 2. The van der Waals surface area contributed by atoms with Gasteiger partial charge >= 0.3 is 11.9 Å². The lowest BCUT2D eigenvalue weighted by Crippen LogP contribution is -2.57. The smallest absolute Gasteiger partial charge is 0.324 e. The van der Waals surface area contributed by atoms with E-state index in [9.17, 15) is 9.59 Å². The van der Waals surface area contributed by atoms with Crippen LogP contribution in [0.4, 0.5) is 0 Å². The van der Waals surface area contributed by atoms with Crippen LogP contribution < -0.4 is 0 Å². The summed E-state index contributed by atoms with van der Waals surface area (Å²) in [7, 11) is -2.28. The Hall–Kier alpha value is -2.10. The zero-order chi connectivity index (χ0) is 28.0. The van der Waals surface area contributed by atoms with Gasteiger partial charge in [-0.25, -0.2) is 0 Å². The van der Waals surface area contributed by atoms with Crippen molar-refractivity contribution in [3.8, 4) is 12.3 Å². The summed E-state index contributed by atoms with van der Waals surface area (Å²) in [6.07, 6.45) is 6.68. The largest absolute Gasteiger partial charge is 0.465 e.